The number of nitrogens with zero attached hydrogens (tertiary/aromatic N) is 2. The first kappa shape index (κ1) is 10.4. The van der Waals surface area contributed by atoms with Crippen molar-refractivity contribution in [2.75, 3.05) is 0 Å². The molecule has 0 saturated carbocycles. The Kier molecular flexibility index (Phi) is 2.44. The molecule has 0 aliphatic carbocycles. The molecule has 1 N–H and O–H groups in total. The smallest absolute Gasteiger partial charge is 0.377 e. The fraction of sp³-hybridized carbons (Fsp3) is 0.182. The number of hydrogen-bond donors (Lipinski definition) is 1. The molecule has 0 aliphatic heterocycles. The summed E-state index contributed by atoms with van der Waals surface area (Å²) in [6, 6.07) is 5.72. The maximum absolute atomic E-state index is 10.6. The molecule has 16 heavy (non-hydrogen) atoms. The van der Waals surface area contributed by atoms with Crippen LogP contribution in [-0.2, 0) is 0 Å². The van der Waals surface area contributed by atoms with E-state index in [0.717, 1.165) is 16.7 Å². The van der Waals surface area contributed by atoms with Gasteiger partial charge in [-0.25, -0.2) is 4.79 Å². The molecule has 1 heterocycles. The van der Waals surface area contributed by atoms with Gasteiger partial charge in [0.25, 0.3) is 11.7 Å². The van der Waals surface area contributed by atoms with Gasteiger partial charge in [0.1, 0.15) is 0 Å². The molecule has 0 saturated heterocycles. The number of carboxylic acids is 1. The van der Waals surface area contributed by atoms with E-state index < -0.39 is 5.97 Å². The summed E-state index contributed by atoms with van der Waals surface area (Å²) < 4.78 is 4.89. The van der Waals surface area contributed by atoms with Crippen molar-refractivity contribution < 1.29 is 14.4 Å². The third-order valence-electron chi connectivity index (χ3n) is 2.23. The Morgan fingerprint density at radius 2 is 2.12 bits per heavy atom. The van der Waals surface area contributed by atoms with E-state index in [1.807, 2.05) is 32.0 Å². The minimum absolute atomic E-state index is 0.231. The van der Waals surface area contributed by atoms with Crippen LogP contribution in [0.1, 0.15) is 21.7 Å². The SMILES string of the molecule is Cc1ccc(-c2nc(C(=O)O)no2)c(C)c1. The van der Waals surface area contributed by atoms with Crippen molar-refractivity contribution in [1.82, 2.24) is 10.1 Å². The molecule has 0 unspecified atom stereocenters. The number of aromatic carboxylic acids is 1. The summed E-state index contributed by atoms with van der Waals surface area (Å²) in [5.41, 5.74) is 2.85. The summed E-state index contributed by atoms with van der Waals surface area (Å²) in [5.74, 6) is -1.29. The maximum atomic E-state index is 10.6. The topological polar surface area (TPSA) is 76.2 Å². The molecule has 0 fully saturated rings. The summed E-state index contributed by atoms with van der Waals surface area (Å²) in [7, 11) is 0. The number of benzene rings is 1. The quantitative estimate of drug-likeness (QED) is 0.834. The highest BCUT2D eigenvalue weighted by atomic mass is 16.5. The monoisotopic (exact) mass is 218 g/mol. The van der Waals surface area contributed by atoms with Gasteiger partial charge >= 0.3 is 5.97 Å². The summed E-state index contributed by atoms with van der Waals surface area (Å²) in [6.07, 6.45) is 0. The molecular weight excluding hydrogens is 208 g/mol. The Labute approximate surface area is 91.7 Å². The Bertz CT molecular complexity index is 546. The first-order chi connectivity index (χ1) is 7.58. The third kappa shape index (κ3) is 1.79. The van der Waals surface area contributed by atoms with E-state index in [4.69, 9.17) is 9.63 Å². The highest BCUT2D eigenvalue weighted by Gasteiger charge is 2.15. The van der Waals surface area contributed by atoms with Crippen LogP contribution in [0.3, 0.4) is 0 Å². The number of aryl methyl sites for hydroxylation is 2. The maximum Gasteiger partial charge on any atom is 0.377 e. The van der Waals surface area contributed by atoms with Crippen molar-refractivity contribution in [3.8, 4) is 11.5 Å². The van der Waals surface area contributed by atoms with E-state index >= 15 is 0 Å². The fourth-order valence-corrected chi connectivity index (χ4v) is 1.47. The molecule has 82 valence electrons. The van der Waals surface area contributed by atoms with Crippen molar-refractivity contribution in [2.24, 2.45) is 0 Å². The van der Waals surface area contributed by atoms with Crippen molar-refractivity contribution in [1.29, 1.82) is 0 Å². The van der Waals surface area contributed by atoms with Gasteiger partial charge in [0.15, 0.2) is 0 Å². The molecule has 0 radical (unpaired) electrons. The lowest BCUT2D eigenvalue weighted by Gasteiger charge is -2.00. The number of rotatable bonds is 2. The van der Waals surface area contributed by atoms with Crippen LogP contribution in [0.25, 0.3) is 11.5 Å². The third-order valence-corrected chi connectivity index (χ3v) is 2.23. The average molecular weight is 218 g/mol. The van der Waals surface area contributed by atoms with Crippen molar-refractivity contribution >= 4 is 5.97 Å². The molecule has 5 heteroatoms. The van der Waals surface area contributed by atoms with Crippen LogP contribution in [0.15, 0.2) is 22.7 Å². The molecule has 1 aromatic heterocycles. The molecule has 0 amide bonds. The highest BCUT2D eigenvalue weighted by Crippen LogP contribution is 2.22. The highest BCUT2D eigenvalue weighted by molar-refractivity contribution is 5.83. The Morgan fingerprint density at radius 1 is 1.38 bits per heavy atom. The van der Waals surface area contributed by atoms with Crippen molar-refractivity contribution in [3.63, 3.8) is 0 Å². The van der Waals surface area contributed by atoms with E-state index in [0.29, 0.717) is 0 Å². The van der Waals surface area contributed by atoms with Crippen LogP contribution in [-0.4, -0.2) is 21.2 Å². The zero-order valence-corrected chi connectivity index (χ0v) is 8.89. The average Bonchev–Trinajstić information content (AvgIpc) is 2.66. The standard InChI is InChI=1S/C11H10N2O3/c1-6-3-4-8(7(2)5-6)10-12-9(11(14)15)13-16-10/h3-5H,1-2H3,(H,14,15). The van der Waals surface area contributed by atoms with Gasteiger partial charge in [0.2, 0.25) is 0 Å². The Morgan fingerprint density at radius 3 is 2.69 bits per heavy atom. The zero-order valence-electron chi connectivity index (χ0n) is 8.89. The molecule has 0 bridgehead atoms. The summed E-state index contributed by atoms with van der Waals surface area (Å²) in [4.78, 5) is 14.4. The fourth-order valence-electron chi connectivity index (χ4n) is 1.47. The molecule has 2 aromatic rings. The van der Waals surface area contributed by atoms with Gasteiger partial charge in [0.05, 0.1) is 0 Å². The summed E-state index contributed by atoms with van der Waals surface area (Å²) in [6.45, 7) is 3.89. The van der Waals surface area contributed by atoms with Crippen LogP contribution < -0.4 is 0 Å². The van der Waals surface area contributed by atoms with E-state index in [1.165, 1.54) is 0 Å². The summed E-state index contributed by atoms with van der Waals surface area (Å²) >= 11 is 0. The van der Waals surface area contributed by atoms with Gasteiger partial charge in [-0.05, 0) is 30.6 Å². The predicted molar refractivity (Wildman–Crippen MR) is 56.2 cm³/mol. The van der Waals surface area contributed by atoms with Crippen LogP contribution in [0, 0.1) is 13.8 Å². The first-order valence-electron chi connectivity index (χ1n) is 4.72. The van der Waals surface area contributed by atoms with Gasteiger partial charge in [0, 0.05) is 5.56 Å². The van der Waals surface area contributed by atoms with Gasteiger partial charge in [-0.2, -0.15) is 4.98 Å². The second-order valence-corrected chi connectivity index (χ2v) is 3.55. The van der Waals surface area contributed by atoms with Crippen LogP contribution in [0.5, 0.6) is 0 Å². The van der Waals surface area contributed by atoms with Crippen LogP contribution >= 0.6 is 0 Å². The second kappa shape index (κ2) is 3.77. The van der Waals surface area contributed by atoms with Gasteiger partial charge in [-0.15, -0.1) is 0 Å². The first-order valence-corrected chi connectivity index (χ1v) is 4.72. The Hall–Kier alpha value is -2.17. The number of carboxylic acid groups (broad SMARTS) is 1. The molecule has 0 atom stereocenters. The molecule has 0 aliphatic rings. The summed E-state index contributed by atoms with van der Waals surface area (Å²) in [5, 5.41) is 12.0. The normalized spacial score (nSPS) is 10.4. The van der Waals surface area contributed by atoms with Crippen LogP contribution in [0.4, 0.5) is 0 Å². The predicted octanol–water partition coefficient (Wildman–Crippen LogP) is 2.05. The van der Waals surface area contributed by atoms with Crippen molar-refractivity contribution in [3.05, 3.63) is 35.2 Å². The number of hydrogen-bond acceptors (Lipinski definition) is 4. The lowest BCUT2D eigenvalue weighted by Crippen LogP contribution is -1.98. The minimum Gasteiger partial charge on any atom is -0.475 e. The Balaban J connectivity index is 2.46. The molecule has 1 aromatic carbocycles. The molecular formula is C11H10N2O3. The van der Waals surface area contributed by atoms with E-state index in [9.17, 15) is 4.79 Å². The molecule has 5 nitrogen and oxygen atoms in total. The second-order valence-electron chi connectivity index (χ2n) is 3.55. The number of carbonyl (C=O) groups is 1. The van der Waals surface area contributed by atoms with E-state index in [1.54, 1.807) is 0 Å². The molecule has 2 rings (SSSR count). The van der Waals surface area contributed by atoms with E-state index in [-0.39, 0.29) is 11.7 Å². The number of aromatic nitrogens is 2. The van der Waals surface area contributed by atoms with Crippen LogP contribution in [0.2, 0.25) is 0 Å². The van der Waals surface area contributed by atoms with Crippen molar-refractivity contribution in [2.45, 2.75) is 13.8 Å². The minimum atomic E-state index is -1.19. The van der Waals surface area contributed by atoms with Gasteiger partial charge < -0.3 is 9.63 Å². The lowest BCUT2D eigenvalue weighted by molar-refractivity contribution is 0.0680. The molecule has 0 spiro atoms. The van der Waals surface area contributed by atoms with Gasteiger partial charge in [-0.1, -0.05) is 17.7 Å². The lowest BCUT2D eigenvalue weighted by atomic mass is 10.1. The zero-order chi connectivity index (χ0) is 11.7. The van der Waals surface area contributed by atoms with E-state index in [2.05, 4.69) is 10.1 Å². The largest absolute Gasteiger partial charge is 0.475 e. The van der Waals surface area contributed by atoms with Gasteiger partial charge in [-0.3, -0.25) is 0 Å².